The van der Waals surface area contributed by atoms with Gasteiger partial charge >= 0.3 is 6.09 Å². The van der Waals surface area contributed by atoms with E-state index in [1.165, 1.54) is 24.3 Å². The number of hydrogen-bond donors (Lipinski definition) is 2. The van der Waals surface area contributed by atoms with Gasteiger partial charge in [-0.1, -0.05) is 19.4 Å². The van der Waals surface area contributed by atoms with Gasteiger partial charge in [0.1, 0.15) is 29.9 Å². The second kappa shape index (κ2) is 8.87. The van der Waals surface area contributed by atoms with Crippen molar-refractivity contribution in [1.29, 1.82) is 0 Å². The van der Waals surface area contributed by atoms with E-state index in [0.717, 1.165) is 18.6 Å². The first-order chi connectivity index (χ1) is 12.8. The number of hydrogen-bond acceptors (Lipinski definition) is 6. The molecule has 0 saturated carbocycles. The smallest absolute Gasteiger partial charge is 0.424 e. The molecule has 2 aromatic rings. The molecule has 27 heavy (non-hydrogen) atoms. The minimum absolute atomic E-state index is 0.169. The van der Waals surface area contributed by atoms with E-state index in [1.807, 2.05) is 6.92 Å². The van der Waals surface area contributed by atoms with Gasteiger partial charge in [0.25, 0.3) is 0 Å². The van der Waals surface area contributed by atoms with E-state index >= 15 is 0 Å². The van der Waals surface area contributed by atoms with Crippen LogP contribution < -0.4 is 5.84 Å². The summed E-state index contributed by atoms with van der Waals surface area (Å²) < 4.78 is 34.0. The fourth-order valence-corrected chi connectivity index (χ4v) is 2.61. The van der Waals surface area contributed by atoms with E-state index in [0.29, 0.717) is 17.5 Å². The van der Waals surface area contributed by atoms with Crippen molar-refractivity contribution >= 4 is 6.09 Å². The second-order valence-electron chi connectivity index (χ2n) is 6.19. The number of carbonyl (C=O) groups is 1. The van der Waals surface area contributed by atoms with Crippen LogP contribution in [0.2, 0.25) is 0 Å². The highest BCUT2D eigenvalue weighted by Gasteiger charge is 2.43. The zero-order chi connectivity index (χ0) is 20.0. The average Bonchev–Trinajstić information content (AvgIpc) is 3.13. The minimum atomic E-state index is -2.02. The lowest BCUT2D eigenvalue weighted by Crippen LogP contribution is -2.56. The first-order valence-electron chi connectivity index (χ1n) is 8.50. The number of halogens is 2. The lowest BCUT2D eigenvalue weighted by Gasteiger charge is -2.38. The number of rotatable bonds is 8. The fourth-order valence-electron chi connectivity index (χ4n) is 2.61. The number of amides is 1. The lowest BCUT2D eigenvalue weighted by molar-refractivity contribution is -0.0610. The van der Waals surface area contributed by atoms with Crippen LogP contribution in [0, 0.1) is 11.6 Å². The summed E-state index contributed by atoms with van der Waals surface area (Å²) in [6.07, 6.45) is 3.18. The summed E-state index contributed by atoms with van der Waals surface area (Å²) in [4.78, 5) is 15.9. The number of benzene rings is 1. The quantitative estimate of drug-likeness (QED) is 0.312. The fraction of sp³-hybridized carbons (Fsp3) is 0.471. The molecule has 0 aliphatic carbocycles. The number of unbranched alkanes of at least 4 members (excludes halogenated alkanes) is 1. The van der Waals surface area contributed by atoms with E-state index in [-0.39, 0.29) is 18.7 Å². The van der Waals surface area contributed by atoms with Crippen LogP contribution in [0.3, 0.4) is 0 Å². The third-order valence-electron chi connectivity index (χ3n) is 4.31. The molecular weight excluding hydrogens is 360 g/mol. The SMILES string of the molecule is CCCCOC(=O)N(N)[C@H](C)[C@](O)(Cn1cncn1)c1ccc(F)cc1F. The maximum atomic E-state index is 14.4. The maximum absolute atomic E-state index is 14.4. The molecule has 2 atom stereocenters. The minimum Gasteiger partial charge on any atom is -0.448 e. The predicted molar refractivity (Wildman–Crippen MR) is 92.0 cm³/mol. The maximum Gasteiger partial charge on any atom is 0.424 e. The molecule has 2 rings (SSSR count). The second-order valence-corrected chi connectivity index (χ2v) is 6.19. The van der Waals surface area contributed by atoms with Crippen molar-refractivity contribution in [2.45, 2.75) is 44.9 Å². The Hall–Kier alpha value is -2.59. The molecule has 0 saturated heterocycles. The zero-order valence-corrected chi connectivity index (χ0v) is 15.2. The first-order valence-corrected chi connectivity index (χ1v) is 8.50. The summed E-state index contributed by atoms with van der Waals surface area (Å²) in [5.74, 6) is 4.06. The highest BCUT2D eigenvalue weighted by atomic mass is 19.1. The molecule has 0 bridgehead atoms. The van der Waals surface area contributed by atoms with Gasteiger partial charge in [0.2, 0.25) is 0 Å². The Kier molecular flexibility index (Phi) is 6.81. The van der Waals surface area contributed by atoms with Crippen molar-refractivity contribution in [3.8, 4) is 0 Å². The summed E-state index contributed by atoms with van der Waals surface area (Å²) in [5.41, 5.74) is -2.26. The average molecular weight is 383 g/mol. The molecule has 0 spiro atoms. The van der Waals surface area contributed by atoms with Gasteiger partial charge < -0.3 is 9.84 Å². The van der Waals surface area contributed by atoms with Crippen molar-refractivity contribution in [2.24, 2.45) is 5.84 Å². The van der Waals surface area contributed by atoms with Gasteiger partial charge in [0.15, 0.2) is 0 Å². The number of carbonyl (C=O) groups excluding carboxylic acids is 1. The summed E-state index contributed by atoms with van der Waals surface area (Å²) in [7, 11) is 0. The van der Waals surface area contributed by atoms with Crippen LogP contribution in [0.15, 0.2) is 30.9 Å². The predicted octanol–water partition coefficient (Wildman–Crippen LogP) is 1.94. The zero-order valence-electron chi connectivity index (χ0n) is 15.2. The van der Waals surface area contributed by atoms with Crippen molar-refractivity contribution in [2.75, 3.05) is 6.61 Å². The largest absolute Gasteiger partial charge is 0.448 e. The van der Waals surface area contributed by atoms with E-state index in [4.69, 9.17) is 10.6 Å². The van der Waals surface area contributed by atoms with Gasteiger partial charge in [-0.2, -0.15) is 5.10 Å². The van der Waals surface area contributed by atoms with Gasteiger partial charge in [0, 0.05) is 11.6 Å². The molecule has 1 aromatic heterocycles. The van der Waals surface area contributed by atoms with Gasteiger partial charge in [-0.3, -0.25) is 0 Å². The number of hydrazine groups is 1. The van der Waals surface area contributed by atoms with Crippen molar-refractivity contribution < 1.29 is 23.4 Å². The summed E-state index contributed by atoms with van der Waals surface area (Å²) in [6.45, 7) is 3.26. The Morgan fingerprint density at radius 1 is 1.48 bits per heavy atom. The Balaban J connectivity index is 2.35. The molecule has 8 nitrogen and oxygen atoms in total. The molecule has 0 radical (unpaired) electrons. The van der Waals surface area contributed by atoms with Crippen molar-refractivity contribution in [3.63, 3.8) is 0 Å². The Bertz CT molecular complexity index is 759. The highest BCUT2D eigenvalue weighted by molar-refractivity contribution is 5.67. The molecule has 3 N–H and O–H groups in total. The highest BCUT2D eigenvalue weighted by Crippen LogP contribution is 2.32. The molecule has 0 unspecified atom stereocenters. The monoisotopic (exact) mass is 383 g/mol. The number of aliphatic hydroxyl groups is 1. The number of nitrogens with two attached hydrogens (primary N) is 1. The molecule has 0 aliphatic rings. The van der Waals surface area contributed by atoms with Gasteiger partial charge in [-0.05, 0) is 19.4 Å². The van der Waals surface area contributed by atoms with Crippen LogP contribution in [0.25, 0.3) is 0 Å². The van der Waals surface area contributed by atoms with Crippen LogP contribution >= 0.6 is 0 Å². The van der Waals surface area contributed by atoms with Gasteiger partial charge in [0.05, 0.1) is 19.2 Å². The van der Waals surface area contributed by atoms with E-state index < -0.39 is 29.4 Å². The standard InChI is InChI=1S/C17H23F2N5O3/c1-3-4-7-27-16(25)24(20)12(2)17(26,9-23-11-21-10-22-23)14-6-5-13(18)8-15(14)19/h5-6,8,10-12,26H,3-4,7,9,20H2,1-2H3/t12-,17-/m1/s1. The van der Waals surface area contributed by atoms with Crippen LogP contribution in [-0.4, -0.2) is 43.6 Å². The van der Waals surface area contributed by atoms with Gasteiger partial charge in [-0.15, -0.1) is 0 Å². The molecule has 1 aromatic carbocycles. The summed E-state index contributed by atoms with van der Waals surface area (Å²) >= 11 is 0. The molecular formula is C17H23F2N5O3. The molecule has 0 aliphatic heterocycles. The van der Waals surface area contributed by atoms with Crippen LogP contribution in [-0.2, 0) is 16.9 Å². The van der Waals surface area contributed by atoms with Crippen LogP contribution in [0.1, 0.15) is 32.3 Å². The van der Waals surface area contributed by atoms with E-state index in [2.05, 4.69) is 10.1 Å². The topological polar surface area (TPSA) is 106 Å². The number of nitrogens with zero attached hydrogens (tertiary/aromatic N) is 4. The van der Waals surface area contributed by atoms with E-state index in [9.17, 15) is 18.7 Å². The Morgan fingerprint density at radius 3 is 2.81 bits per heavy atom. The van der Waals surface area contributed by atoms with Crippen molar-refractivity contribution in [3.05, 3.63) is 48.1 Å². The van der Waals surface area contributed by atoms with E-state index in [1.54, 1.807) is 0 Å². The lowest BCUT2D eigenvalue weighted by atomic mass is 9.86. The summed E-state index contributed by atoms with van der Waals surface area (Å²) in [6, 6.07) is 1.64. The molecule has 1 amide bonds. The molecule has 148 valence electrons. The first kappa shape index (κ1) is 20.7. The number of aromatic nitrogens is 3. The normalized spacial score (nSPS) is 14.4. The Morgan fingerprint density at radius 2 is 2.22 bits per heavy atom. The third-order valence-corrected chi connectivity index (χ3v) is 4.31. The summed E-state index contributed by atoms with van der Waals surface area (Å²) in [5, 5.41) is 15.9. The number of ether oxygens (including phenoxy) is 1. The molecule has 0 fully saturated rings. The Labute approximate surface area is 155 Å². The van der Waals surface area contributed by atoms with Gasteiger partial charge in [-0.25, -0.2) is 34.1 Å². The van der Waals surface area contributed by atoms with Crippen LogP contribution in [0.4, 0.5) is 13.6 Å². The molecule has 1 heterocycles. The third kappa shape index (κ3) is 4.77. The van der Waals surface area contributed by atoms with Crippen LogP contribution in [0.5, 0.6) is 0 Å². The molecule has 10 heteroatoms. The van der Waals surface area contributed by atoms with Crippen molar-refractivity contribution in [1.82, 2.24) is 19.8 Å².